The van der Waals surface area contributed by atoms with Crippen molar-refractivity contribution in [2.75, 3.05) is 20.6 Å². The van der Waals surface area contributed by atoms with Gasteiger partial charge in [-0.2, -0.15) is 0 Å². The van der Waals surface area contributed by atoms with Crippen LogP contribution in [0.5, 0.6) is 0 Å². The molecule has 0 saturated heterocycles. The molecule has 2 bridgehead atoms. The highest BCUT2D eigenvalue weighted by Crippen LogP contribution is 2.54. The molecule has 3 atom stereocenters. The Kier molecular flexibility index (Phi) is 2.49. The van der Waals surface area contributed by atoms with Crippen LogP contribution in [0.1, 0.15) is 42.4 Å². The average Bonchev–Trinajstić information content (AvgIpc) is 2.79. The summed E-state index contributed by atoms with van der Waals surface area (Å²) in [4.78, 5) is 6.09. The number of nitrogens with zero attached hydrogens (tertiary/aromatic N) is 1. The lowest BCUT2D eigenvalue weighted by molar-refractivity contribution is 0.196. The summed E-state index contributed by atoms with van der Waals surface area (Å²) in [5.74, 6) is 2.39. The standard InChI is InChI=1S/C17H22N2/c1-19(2)10-12-9-11-7-8-13(12)17-16(11)14-5-3-4-6-15(14)18-17/h3-6,11-13,18H,7-10H2,1-2H3. The van der Waals surface area contributed by atoms with E-state index in [0.717, 1.165) is 17.8 Å². The number of hydrogen-bond donors (Lipinski definition) is 1. The highest BCUT2D eigenvalue weighted by atomic mass is 15.1. The molecule has 0 radical (unpaired) electrons. The van der Waals surface area contributed by atoms with Crippen LogP contribution in [-0.2, 0) is 0 Å². The Labute approximate surface area is 114 Å². The molecule has 2 aromatic rings. The van der Waals surface area contributed by atoms with Gasteiger partial charge in [-0.1, -0.05) is 18.2 Å². The number of nitrogens with one attached hydrogen (secondary N) is 1. The van der Waals surface area contributed by atoms with Crippen molar-refractivity contribution in [2.45, 2.75) is 31.1 Å². The van der Waals surface area contributed by atoms with Crippen molar-refractivity contribution < 1.29 is 0 Å². The molecule has 3 aliphatic carbocycles. The van der Waals surface area contributed by atoms with Crippen molar-refractivity contribution in [3.8, 4) is 0 Å². The molecule has 3 unspecified atom stereocenters. The summed E-state index contributed by atoms with van der Waals surface area (Å²) in [5, 5.41) is 1.48. The predicted octanol–water partition coefficient (Wildman–Crippen LogP) is 3.71. The second-order valence-electron chi connectivity index (χ2n) is 6.64. The second kappa shape index (κ2) is 4.11. The van der Waals surface area contributed by atoms with E-state index in [1.54, 1.807) is 11.3 Å². The van der Waals surface area contributed by atoms with Gasteiger partial charge in [0.15, 0.2) is 0 Å². The molecular weight excluding hydrogens is 232 g/mol. The molecule has 1 fully saturated rings. The molecule has 1 N–H and O–H groups in total. The van der Waals surface area contributed by atoms with E-state index >= 15 is 0 Å². The minimum absolute atomic E-state index is 0.759. The van der Waals surface area contributed by atoms with Crippen LogP contribution >= 0.6 is 0 Å². The Morgan fingerprint density at radius 3 is 2.89 bits per heavy atom. The van der Waals surface area contributed by atoms with E-state index in [1.807, 2.05) is 0 Å². The zero-order chi connectivity index (χ0) is 13.0. The molecule has 2 nitrogen and oxygen atoms in total. The average molecular weight is 254 g/mol. The fourth-order valence-electron chi connectivity index (χ4n) is 4.49. The first-order chi connectivity index (χ1) is 9.24. The number of rotatable bonds is 2. The minimum Gasteiger partial charge on any atom is -0.358 e. The molecule has 100 valence electrons. The van der Waals surface area contributed by atoms with E-state index in [0.29, 0.717) is 0 Å². The zero-order valence-corrected chi connectivity index (χ0v) is 11.8. The fourth-order valence-corrected chi connectivity index (χ4v) is 4.49. The molecule has 1 heterocycles. The number of aromatic amines is 1. The topological polar surface area (TPSA) is 19.0 Å². The van der Waals surface area contributed by atoms with Gasteiger partial charge in [-0.3, -0.25) is 0 Å². The molecule has 1 saturated carbocycles. The molecule has 1 aromatic carbocycles. The Balaban J connectivity index is 1.82. The molecule has 0 aliphatic heterocycles. The van der Waals surface area contributed by atoms with E-state index in [2.05, 4.69) is 48.2 Å². The first kappa shape index (κ1) is 11.5. The Morgan fingerprint density at radius 1 is 1.21 bits per heavy atom. The molecule has 5 rings (SSSR count). The summed E-state index contributed by atoms with van der Waals surface area (Å²) in [5.41, 5.74) is 4.56. The summed E-state index contributed by atoms with van der Waals surface area (Å²) in [6.45, 7) is 1.23. The van der Waals surface area contributed by atoms with Crippen molar-refractivity contribution >= 4 is 10.9 Å². The van der Waals surface area contributed by atoms with Crippen LogP contribution in [0.2, 0.25) is 0 Å². The number of H-pyrrole nitrogens is 1. The minimum atomic E-state index is 0.759. The van der Waals surface area contributed by atoms with E-state index in [-0.39, 0.29) is 0 Å². The number of hydrogen-bond acceptors (Lipinski definition) is 1. The van der Waals surface area contributed by atoms with Gasteiger partial charge in [0.05, 0.1) is 0 Å². The Morgan fingerprint density at radius 2 is 2.05 bits per heavy atom. The van der Waals surface area contributed by atoms with Gasteiger partial charge >= 0.3 is 0 Å². The van der Waals surface area contributed by atoms with Crippen LogP contribution in [0.25, 0.3) is 10.9 Å². The SMILES string of the molecule is CN(C)CC1CC2CCC1c1[nH]c3ccccc3c12. The van der Waals surface area contributed by atoms with Gasteiger partial charge in [-0.05, 0) is 56.8 Å². The normalized spacial score (nSPS) is 29.1. The Hall–Kier alpha value is -1.28. The third-order valence-electron chi connectivity index (χ3n) is 5.14. The zero-order valence-electron chi connectivity index (χ0n) is 11.8. The van der Waals surface area contributed by atoms with Gasteiger partial charge in [-0.25, -0.2) is 0 Å². The summed E-state index contributed by atoms with van der Waals surface area (Å²) in [6, 6.07) is 8.85. The van der Waals surface area contributed by atoms with Crippen molar-refractivity contribution in [3.05, 3.63) is 35.5 Å². The lowest BCUT2D eigenvalue weighted by atomic mass is 9.63. The maximum atomic E-state index is 3.73. The largest absolute Gasteiger partial charge is 0.358 e. The second-order valence-corrected chi connectivity index (χ2v) is 6.64. The van der Waals surface area contributed by atoms with Crippen LogP contribution in [0, 0.1) is 5.92 Å². The maximum Gasteiger partial charge on any atom is 0.0459 e. The predicted molar refractivity (Wildman–Crippen MR) is 79.7 cm³/mol. The third kappa shape index (κ3) is 1.66. The summed E-state index contributed by atoms with van der Waals surface area (Å²) in [6.07, 6.45) is 4.16. The number of benzene rings is 1. The molecule has 19 heavy (non-hydrogen) atoms. The van der Waals surface area contributed by atoms with Gasteiger partial charge < -0.3 is 9.88 Å². The van der Waals surface area contributed by atoms with E-state index in [1.165, 1.54) is 36.7 Å². The molecule has 3 aliphatic rings. The molecule has 0 spiro atoms. The van der Waals surface area contributed by atoms with Crippen molar-refractivity contribution in [2.24, 2.45) is 5.92 Å². The highest BCUT2D eigenvalue weighted by Gasteiger charge is 2.41. The van der Waals surface area contributed by atoms with Gasteiger partial charge in [-0.15, -0.1) is 0 Å². The lowest BCUT2D eigenvalue weighted by Gasteiger charge is -2.43. The van der Waals surface area contributed by atoms with Gasteiger partial charge in [0.2, 0.25) is 0 Å². The van der Waals surface area contributed by atoms with Crippen molar-refractivity contribution in [1.82, 2.24) is 9.88 Å². The van der Waals surface area contributed by atoms with E-state index in [9.17, 15) is 0 Å². The monoisotopic (exact) mass is 254 g/mol. The summed E-state index contributed by atoms with van der Waals surface area (Å²) in [7, 11) is 4.41. The first-order valence-electron chi connectivity index (χ1n) is 7.49. The van der Waals surface area contributed by atoms with Crippen LogP contribution in [0.4, 0.5) is 0 Å². The lowest BCUT2D eigenvalue weighted by Crippen LogP contribution is -2.35. The molecule has 0 amide bonds. The molecule has 1 aromatic heterocycles. The van der Waals surface area contributed by atoms with Gasteiger partial charge in [0, 0.05) is 29.1 Å². The molecular formula is C17H22N2. The highest BCUT2D eigenvalue weighted by molar-refractivity contribution is 5.86. The maximum absolute atomic E-state index is 3.73. The van der Waals surface area contributed by atoms with Crippen LogP contribution in [0.15, 0.2) is 24.3 Å². The van der Waals surface area contributed by atoms with E-state index < -0.39 is 0 Å². The quantitative estimate of drug-likeness (QED) is 0.865. The van der Waals surface area contributed by atoms with Crippen molar-refractivity contribution in [3.63, 3.8) is 0 Å². The number of para-hydroxylation sites is 1. The van der Waals surface area contributed by atoms with Crippen LogP contribution < -0.4 is 0 Å². The van der Waals surface area contributed by atoms with Crippen molar-refractivity contribution in [1.29, 1.82) is 0 Å². The summed E-state index contributed by atoms with van der Waals surface area (Å²) >= 11 is 0. The van der Waals surface area contributed by atoms with Gasteiger partial charge in [0.25, 0.3) is 0 Å². The van der Waals surface area contributed by atoms with Gasteiger partial charge in [0.1, 0.15) is 0 Å². The smallest absolute Gasteiger partial charge is 0.0459 e. The first-order valence-corrected chi connectivity index (χ1v) is 7.49. The molecule has 2 heteroatoms. The Bertz CT molecular complexity index is 611. The number of aromatic nitrogens is 1. The number of fused-ring (bicyclic) bond motifs is 3. The third-order valence-corrected chi connectivity index (χ3v) is 5.14. The van der Waals surface area contributed by atoms with Crippen LogP contribution in [-0.4, -0.2) is 30.5 Å². The fraction of sp³-hybridized carbons (Fsp3) is 0.529. The van der Waals surface area contributed by atoms with Crippen LogP contribution in [0.3, 0.4) is 0 Å². The summed E-state index contributed by atoms with van der Waals surface area (Å²) < 4.78 is 0. The van der Waals surface area contributed by atoms with E-state index in [4.69, 9.17) is 0 Å².